The molecular formula is C9H16ClN3O2S. The first-order chi connectivity index (χ1) is 7.36. The Balaban J connectivity index is 2.80. The molecule has 0 fully saturated rings. The summed E-state index contributed by atoms with van der Waals surface area (Å²) in [6, 6.07) is -0.206. The van der Waals surface area contributed by atoms with Crippen molar-refractivity contribution in [2.75, 3.05) is 5.88 Å². The van der Waals surface area contributed by atoms with Gasteiger partial charge in [0.25, 0.3) is 0 Å². The van der Waals surface area contributed by atoms with Crippen molar-refractivity contribution < 1.29 is 8.42 Å². The SMILES string of the molecule is CC(CCl)C(C)NS(=O)(=O)c1cnn(C)c1. The Morgan fingerprint density at radius 2 is 2.19 bits per heavy atom. The first-order valence-corrected chi connectivity index (χ1v) is 6.95. The molecule has 0 spiro atoms. The van der Waals surface area contributed by atoms with Crippen LogP contribution in [0.5, 0.6) is 0 Å². The highest BCUT2D eigenvalue weighted by molar-refractivity contribution is 7.89. The summed E-state index contributed by atoms with van der Waals surface area (Å²) in [4.78, 5) is 0.170. The maximum atomic E-state index is 11.9. The highest BCUT2D eigenvalue weighted by atomic mass is 35.5. The molecule has 0 saturated heterocycles. The molecular weight excluding hydrogens is 250 g/mol. The van der Waals surface area contributed by atoms with Gasteiger partial charge in [-0.15, -0.1) is 11.6 Å². The Bertz CT molecular complexity index is 443. The third-order valence-corrected chi connectivity index (χ3v) is 4.43. The van der Waals surface area contributed by atoms with E-state index < -0.39 is 10.0 Å². The van der Waals surface area contributed by atoms with Crippen LogP contribution in [0, 0.1) is 5.92 Å². The zero-order valence-electron chi connectivity index (χ0n) is 9.51. The van der Waals surface area contributed by atoms with Crippen LogP contribution in [0.2, 0.25) is 0 Å². The molecule has 0 aliphatic carbocycles. The molecule has 1 heterocycles. The first-order valence-electron chi connectivity index (χ1n) is 4.93. The minimum atomic E-state index is -3.49. The quantitative estimate of drug-likeness (QED) is 0.807. The van der Waals surface area contributed by atoms with E-state index >= 15 is 0 Å². The molecule has 0 amide bonds. The third-order valence-electron chi connectivity index (χ3n) is 2.43. The highest BCUT2D eigenvalue weighted by Gasteiger charge is 2.21. The van der Waals surface area contributed by atoms with Crippen molar-refractivity contribution in [1.29, 1.82) is 0 Å². The lowest BCUT2D eigenvalue weighted by molar-refractivity contribution is 0.480. The van der Waals surface area contributed by atoms with Gasteiger partial charge in [-0.3, -0.25) is 4.68 Å². The number of aryl methyl sites for hydroxylation is 1. The van der Waals surface area contributed by atoms with Crippen molar-refractivity contribution in [3.05, 3.63) is 12.4 Å². The van der Waals surface area contributed by atoms with E-state index in [1.165, 1.54) is 17.1 Å². The summed E-state index contributed by atoms with van der Waals surface area (Å²) in [6.45, 7) is 3.68. The number of aromatic nitrogens is 2. The van der Waals surface area contributed by atoms with Gasteiger partial charge in [0.1, 0.15) is 4.90 Å². The van der Waals surface area contributed by atoms with Crippen LogP contribution in [0.4, 0.5) is 0 Å². The molecule has 0 bridgehead atoms. The maximum absolute atomic E-state index is 11.9. The van der Waals surface area contributed by atoms with Gasteiger partial charge in [0.2, 0.25) is 10.0 Å². The molecule has 0 radical (unpaired) electrons. The lowest BCUT2D eigenvalue weighted by Crippen LogP contribution is -2.37. The zero-order chi connectivity index (χ0) is 12.3. The Kier molecular flexibility index (Phi) is 4.35. The molecule has 1 aromatic rings. The number of nitrogens with one attached hydrogen (secondary N) is 1. The van der Waals surface area contributed by atoms with Gasteiger partial charge in [0.15, 0.2) is 0 Å². The van der Waals surface area contributed by atoms with Crippen LogP contribution in [0.15, 0.2) is 17.3 Å². The summed E-state index contributed by atoms with van der Waals surface area (Å²) < 4.78 is 27.8. The predicted octanol–water partition coefficient (Wildman–Crippen LogP) is 0.962. The fraction of sp³-hybridized carbons (Fsp3) is 0.667. The summed E-state index contributed by atoms with van der Waals surface area (Å²) in [5.41, 5.74) is 0. The van der Waals surface area contributed by atoms with E-state index in [2.05, 4.69) is 9.82 Å². The predicted molar refractivity (Wildman–Crippen MR) is 62.9 cm³/mol. The van der Waals surface area contributed by atoms with Crippen molar-refractivity contribution in [3.8, 4) is 0 Å². The smallest absolute Gasteiger partial charge is 0.243 e. The van der Waals surface area contributed by atoms with E-state index in [4.69, 9.17) is 11.6 Å². The number of sulfonamides is 1. The van der Waals surface area contributed by atoms with Gasteiger partial charge >= 0.3 is 0 Å². The van der Waals surface area contributed by atoms with Gasteiger partial charge in [-0.05, 0) is 12.8 Å². The van der Waals surface area contributed by atoms with Crippen molar-refractivity contribution >= 4 is 21.6 Å². The van der Waals surface area contributed by atoms with Gasteiger partial charge in [0, 0.05) is 25.2 Å². The van der Waals surface area contributed by atoms with Crippen LogP contribution in [0.1, 0.15) is 13.8 Å². The molecule has 2 atom stereocenters. The lowest BCUT2D eigenvalue weighted by Gasteiger charge is -2.18. The molecule has 1 N–H and O–H groups in total. The van der Waals surface area contributed by atoms with Crippen molar-refractivity contribution in [3.63, 3.8) is 0 Å². The molecule has 0 saturated carbocycles. The van der Waals surface area contributed by atoms with Crippen LogP contribution in [0.25, 0.3) is 0 Å². The molecule has 5 nitrogen and oxygen atoms in total. The highest BCUT2D eigenvalue weighted by Crippen LogP contribution is 2.11. The lowest BCUT2D eigenvalue weighted by atomic mass is 10.1. The van der Waals surface area contributed by atoms with Crippen LogP contribution in [0.3, 0.4) is 0 Å². The molecule has 1 rings (SSSR count). The van der Waals surface area contributed by atoms with E-state index in [-0.39, 0.29) is 16.9 Å². The van der Waals surface area contributed by atoms with E-state index in [0.29, 0.717) is 5.88 Å². The average molecular weight is 266 g/mol. The second kappa shape index (κ2) is 5.16. The standard InChI is InChI=1S/C9H16ClN3O2S/c1-7(4-10)8(2)12-16(14,15)9-5-11-13(3)6-9/h5-8,12H,4H2,1-3H3. The summed E-state index contributed by atoms with van der Waals surface area (Å²) in [7, 11) is -1.82. The van der Waals surface area contributed by atoms with Gasteiger partial charge in [0.05, 0.1) is 6.20 Å². The molecule has 1 aromatic heterocycles. The second-order valence-electron chi connectivity index (χ2n) is 3.89. The number of hydrogen-bond acceptors (Lipinski definition) is 3. The summed E-state index contributed by atoms with van der Waals surface area (Å²) >= 11 is 5.67. The van der Waals surface area contributed by atoms with E-state index in [0.717, 1.165) is 0 Å². The van der Waals surface area contributed by atoms with Crippen molar-refractivity contribution in [2.45, 2.75) is 24.8 Å². The molecule has 2 unspecified atom stereocenters. The largest absolute Gasteiger partial charge is 0.274 e. The Morgan fingerprint density at radius 1 is 1.56 bits per heavy atom. The molecule has 0 aliphatic heterocycles. The second-order valence-corrected chi connectivity index (χ2v) is 5.91. The zero-order valence-corrected chi connectivity index (χ0v) is 11.1. The summed E-state index contributed by atoms with van der Waals surface area (Å²) in [5, 5.41) is 3.83. The van der Waals surface area contributed by atoms with E-state index in [9.17, 15) is 8.42 Å². The van der Waals surface area contributed by atoms with Crippen LogP contribution in [-0.2, 0) is 17.1 Å². The third kappa shape index (κ3) is 3.20. The molecule has 0 aliphatic rings. The Morgan fingerprint density at radius 3 is 2.62 bits per heavy atom. The van der Waals surface area contributed by atoms with Gasteiger partial charge in [-0.1, -0.05) is 6.92 Å². The van der Waals surface area contributed by atoms with Gasteiger partial charge in [-0.2, -0.15) is 5.10 Å². The maximum Gasteiger partial charge on any atom is 0.243 e. The normalized spacial score (nSPS) is 16.0. The Hall–Kier alpha value is -0.590. The molecule has 92 valence electrons. The fourth-order valence-electron chi connectivity index (χ4n) is 1.10. The minimum Gasteiger partial charge on any atom is -0.274 e. The first kappa shape index (κ1) is 13.5. The fourth-order valence-corrected chi connectivity index (χ4v) is 2.70. The average Bonchev–Trinajstić information content (AvgIpc) is 2.63. The number of halogens is 1. The molecule has 16 heavy (non-hydrogen) atoms. The van der Waals surface area contributed by atoms with Crippen molar-refractivity contribution in [2.24, 2.45) is 13.0 Å². The van der Waals surface area contributed by atoms with Crippen LogP contribution in [-0.4, -0.2) is 30.1 Å². The topological polar surface area (TPSA) is 64.0 Å². The number of nitrogens with zero attached hydrogens (tertiary/aromatic N) is 2. The van der Waals surface area contributed by atoms with Crippen LogP contribution < -0.4 is 4.72 Å². The van der Waals surface area contributed by atoms with Gasteiger partial charge in [-0.25, -0.2) is 13.1 Å². The summed E-state index contributed by atoms with van der Waals surface area (Å²) in [5.74, 6) is 0.490. The minimum absolute atomic E-state index is 0.0770. The monoisotopic (exact) mass is 265 g/mol. The number of alkyl halides is 1. The van der Waals surface area contributed by atoms with Gasteiger partial charge < -0.3 is 0 Å². The number of rotatable bonds is 5. The molecule has 7 heteroatoms. The summed E-state index contributed by atoms with van der Waals surface area (Å²) in [6.07, 6.45) is 2.78. The molecule has 0 aromatic carbocycles. The van der Waals surface area contributed by atoms with Crippen LogP contribution >= 0.6 is 11.6 Å². The Labute approximate surface area is 101 Å². The van der Waals surface area contributed by atoms with E-state index in [1.807, 2.05) is 6.92 Å². The van der Waals surface area contributed by atoms with Crippen molar-refractivity contribution in [1.82, 2.24) is 14.5 Å². The number of hydrogen-bond donors (Lipinski definition) is 1. The van der Waals surface area contributed by atoms with E-state index in [1.54, 1.807) is 14.0 Å².